The molecule has 0 amide bonds. The molecule has 3 aromatic carbocycles. The molecule has 3 aromatic rings. The maximum absolute atomic E-state index is 11.9. The number of carbonyl (C=O) groups excluding carboxylic acids is 1. The molecule has 1 atom stereocenters. The van der Waals surface area contributed by atoms with Crippen molar-refractivity contribution in [3.63, 3.8) is 0 Å². The molecule has 0 radical (unpaired) electrons. The van der Waals surface area contributed by atoms with Crippen LogP contribution in [0.15, 0.2) is 78.9 Å². The zero-order valence-corrected chi connectivity index (χ0v) is 17.1. The van der Waals surface area contributed by atoms with Gasteiger partial charge in [0.1, 0.15) is 19.3 Å². The van der Waals surface area contributed by atoms with Gasteiger partial charge in [0.25, 0.3) is 0 Å². The number of benzene rings is 3. The molecule has 0 spiro atoms. The van der Waals surface area contributed by atoms with Crippen LogP contribution < -0.4 is 15.2 Å². The first-order valence-electron chi connectivity index (χ1n) is 10.0. The van der Waals surface area contributed by atoms with Crippen molar-refractivity contribution in [3.05, 3.63) is 95.6 Å². The Bertz CT molecular complexity index is 928. The monoisotopic (exact) mass is 405 g/mol. The van der Waals surface area contributed by atoms with Crippen molar-refractivity contribution in [1.29, 1.82) is 0 Å². The molecule has 156 valence electrons. The highest BCUT2D eigenvalue weighted by atomic mass is 16.5. The zero-order chi connectivity index (χ0) is 21.2. The van der Waals surface area contributed by atoms with Crippen LogP contribution in [0.25, 0.3) is 0 Å². The lowest BCUT2D eigenvalue weighted by molar-refractivity contribution is -0.144. The number of ether oxygens (including phenoxy) is 3. The highest BCUT2D eigenvalue weighted by Crippen LogP contribution is 2.30. The summed E-state index contributed by atoms with van der Waals surface area (Å²) in [5.41, 5.74) is 8.98. The predicted octanol–water partition coefficient (Wildman–Crippen LogP) is 4.28. The molecule has 0 saturated heterocycles. The van der Waals surface area contributed by atoms with E-state index in [-0.39, 0.29) is 0 Å². The standard InChI is InChI=1S/C25H27NO4/c1-2-28-25(27)22(26)15-21-13-14-23(29-17-19-9-5-3-6-10-19)24(16-21)30-18-20-11-7-4-8-12-20/h3-14,16,22H,2,15,17-18,26H2,1H3/t22-/m0/s1. The van der Waals surface area contributed by atoms with Gasteiger partial charge in [-0.3, -0.25) is 4.79 Å². The molecule has 0 aliphatic rings. The van der Waals surface area contributed by atoms with Gasteiger partial charge >= 0.3 is 5.97 Å². The normalized spacial score (nSPS) is 11.5. The summed E-state index contributed by atoms with van der Waals surface area (Å²) in [4.78, 5) is 11.9. The minimum absolute atomic E-state index is 0.310. The molecular formula is C25H27NO4. The third-order valence-electron chi connectivity index (χ3n) is 4.53. The number of esters is 1. The Morgan fingerprint density at radius 2 is 1.37 bits per heavy atom. The fourth-order valence-electron chi connectivity index (χ4n) is 2.97. The molecule has 0 heterocycles. The summed E-state index contributed by atoms with van der Waals surface area (Å²) in [6, 6.07) is 24.8. The van der Waals surface area contributed by atoms with Crippen LogP contribution in [-0.4, -0.2) is 18.6 Å². The first kappa shape index (κ1) is 21.4. The van der Waals surface area contributed by atoms with E-state index in [2.05, 4.69) is 0 Å². The van der Waals surface area contributed by atoms with Gasteiger partial charge in [-0.15, -0.1) is 0 Å². The highest BCUT2D eigenvalue weighted by molar-refractivity contribution is 5.75. The van der Waals surface area contributed by atoms with Crippen molar-refractivity contribution < 1.29 is 19.0 Å². The lowest BCUT2D eigenvalue weighted by Gasteiger charge is -2.16. The molecule has 30 heavy (non-hydrogen) atoms. The molecule has 0 bridgehead atoms. The third-order valence-corrected chi connectivity index (χ3v) is 4.53. The number of hydrogen-bond donors (Lipinski definition) is 1. The van der Waals surface area contributed by atoms with Crippen LogP contribution in [0.3, 0.4) is 0 Å². The van der Waals surface area contributed by atoms with Crippen molar-refractivity contribution in [2.75, 3.05) is 6.61 Å². The number of carbonyl (C=O) groups is 1. The Kier molecular flexibility index (Phi) is 7.86. The summed E-state index contributed by atoms with van der Waals surface area (Å²) in [5.74, 6) is 0.847. The molecular weight excluding hydrogens is 378 g/mol. The van der Waals surface area contributed by atoms with E-state index < -0.39 is 12.0 Å². The SMILES string of the molecule is CCOC(=O)[C@@H](N)Cc1ccc(OCc2ccccc2)c(OCc2ccccc2)c1. The topological polar surface area (TPSA) is 70.8 Å². The Morgan fingerprint density at radius 3 is 1.93 bits per heavy atom. The molecule has 0 aromatic heterocycles. The van der Waals surface area contributed by atoms with Crippen LogP contribution in [0.4, 0.5) is 0 Å². The lowest BCUT2D eigenvalue weighted by Crippen LogP contribution is -2.34. The number of hydrogen-bond acceptors (Lipinski definition) is 5. The number of rotatable bonds is 10. The van der Waals surface area contributed by atoms with Crippen LogP contribution >= 0.6 is 0 Å². The highest BCUT2D eigenvalue weighted by Gasteiger charge is 2.17. The summed E-state index contributed by atoms with van der Waals surface area (Å²) >= 11 is 0. The maximum atomic E-state index is 11.9. The van der Waals surface area contributed by atoms with E-state index in [0.29, 0.717) is 37.7 Å². The fourth-order valence-corrected chi connectivity index (χ4v) is 2.97. The summed E-state index contributed by atoms with van der Waals surface area (Å²) in [7, 11) is 0. The summed E-state index contributed by atoms with van der Waals surface area (Å²) < 4.78 is 17.1. The van der Waals surface area contributed by atoms with Gasteiger partial charge in [0.2, 0.25) is 0 Å². The van der Waals surface area contributed by atoms with E-state index in [1.165, 1.54) is 0 Å². The van der Waals surface area contributed by atoms with Crippen LogP contribution in [0.2, 0.25) is 0 Å². The van der Waals surface area contributed by atoms with Crippen LogP contribution in [0.5, 0.6) is 11.5 Å². The molecule has 0 saturated carbocycles. The molecule has 2 N–H and O–H groups in total. The average molecular weight is 405 g/mol. The second kappa shape index (κ2) is 11.0. The Labute approximate surface area is 177 Å². The van der Waals surface area contributed by atoms with Crippen molar-refractivity contribution in [3.8, 4) is 11.5 Å². The molecule has 0 aliphatic heterocycles. The van der Waals surface area contributed by atoms with E-state index in [4.69, 9.17) is 19.9 Å². The van der Waals surface area contributed by atoms with Gasteiger partial charge in [-0.2, -0.15) is 0 Å². The second-order valence-corrected chi connectivity index (χ2v) is 6.89. The van der Waals surface area contributed by atoms with Crippen molar-refractivity contribution in [2.24, 2.45) is 5.73 Å². The molecule has 0 aliphatic carbocycles. The van der Waals surface area contributed by atoms with E-state index in [1.807, 2.05) is 78.9 Å². The summed E-state index contributed by atoms with van der Waals surface area (Å²) in [5, 5.41) is 0. The van der Waals surface area contributed by atoms with Gasteiger partial charge in [0, 0.05) is 0 Å². The second-order valence-electron chi connectivity index (χ2n) is 6.89. The Balaban J connectivity index is 1.75. The lowest BCUT2D eigenvalue weighted by atomic mass is 10.1. The largest absolute Gasteiger partial charge is 0.485 e. The van der Waals surface area contributed by atoms with E-state index in [0.717, 1.165) is 16.7 Å². The van der Waals surface area contributed by atoms with Crippen LogP contribution in [-0.2, 0) is 29.2 Å². The van der Waals surface area contributed by atoms with Gasteiger partial charge < -0.3 is 19.9 Å². The van der Waals surface area contributed by atoms with E-state index >= 15 is 0 Å². The third kappa shape index (κ3) is 6.36. The maximum Gasteiger partial charge on any atom is 0.323 e. The molecule has 3 rings (SSSR count). The van der Waals surface area contributed by atoms with Crippen molar-refractivity contribution in [1.82, 2.24) is 0 Å². The molecule has 5 nitrogen and oxygen atoms in total. The van der Waals surface area contributed by atoms with E-state index in [9.17, 15) is 4.79 Å². The Morgan fingerprint density at radius 1 is 0.800 bits per heavy atom. The fraction of sp³-hybridized carbons (Fsp3) is 0.240. The van der Waals surface area contributed by atoms with Gasteiger partial charge in [0.05, 0.1) is 6.61 Å². The average Bonchev–Trinajstić information content (AvgIpc) is 2.78. The Hall–Kier alpha value is -3.31. The first-order valence-corrected chi connectivity index (χ1v) is 10.0. The molecule has 5 heteroatoms. The summed E-state index contributed by atoms with van der Waals surface area (Å²) in [6.45, 7) is 2.92. The van der Waals surface area contributed by atoms with Crippen LogP contribution in [0, 0.1) is 0 Å². The van der Waals surface area contributed by atoms with E-state index in [1.54, 1.807) is 6.92 Å². The number of nitrogens with two attached hydrogens (primary N) is 1. The minimum atomic E-state index is -0.719. The van der Waals surface area contributed by atoms with Gasteiger partial charge in [-0.1, -0.05) is 66.7 Å². The van der Waals surface area contributed by atoms with Crippen LogP contribution in [0.1, 0.15) is 23.6 Å². The minimum Gasteiger partial charge on any atom is -0.485 e. The first-order chi connectivity index (χ1) is 14.7. The predicted molar refractivity (Wildman–Crippen MR) is 116 cm³/mol. The van der Waals surface area contributed by atoms with Gasteiger partial charge in [0.15, 0.2) is 11.5 Å². The smallest absolute Gasteiger partial charge is 0.323 e. The molecule has 0 unspecified atom stereocenters. The van der Waals surface area contributed by atoms with Crippen molar-refractivity contribution >= 4 is 5.97 Å². The quantitative estimate of drug-likeness (QED) is 0.510. The molecule has 0 fully saturated rings. The van der Waals surface area contributed by atoms with Gasteiger partial charge in [-0.25, -0.2) is 0 Å². The van der Waals surface area contributed by atoms with Gasteiger partial charge in [-0.05, 0) is 42.2 Å². The zero-order valence-electron chi connectivity index (χ0n) is 17.1. The summed E-state index contributed by atoms with van der Waals surface area (Å²) in [6.07, 6.45) is 0.361. The van der Waals surface area contributed by atoms with Crippen molar-refractivity contribution in [2.45, 2.75) is 32.6 Å².